The van der Waals surface area contributed by atoms with Gasteiger partial charge in [-0.05, 0) is 84.1 Å². The first-order chi connectivity index (χ1) is 17.4. The Hall–Kier alpha value is -2.65. The second-order valence-corrected chi connectivity index (χ2v) is 10.9. The Morgan fingerprint density at radius 1 is 0.972 bits per heavy atom. The summed E-state index contributed by atoms with van der Waals surface area (Å²) in [7, 11) is 0. The molecule has 1 heterocycles. The summed E-state index contributed by atoms with van der Waals surface area (Å²) >= 11 is 16.9. The van der Waals surface area contributed by atoms with E-state index in [1.807, 2.05) is 42.5 Å². The van der Waals surface area contributed by atoms with Crippen LogP contribution in [0.3, 0.4) is 0 Å². The van der Waals surface area contributed by atoms with Crippen LogP contribution in [0.2, 0.25) is 5.02 Å². The Balaban J connectivity index is 1.27. The number of ether oxygens (including phenoxy) is 1. The highest BCUT2D eigenvalue weighted by molar-refractivity contribution is 9.11. The van der Waals surface area contributed by atoms with Gasteiger partial charge in [0, 0.05) is 9.86 Å². The third kappa shape index (κ3) is 5.37. The van der Waals surface area contributed by atoms with Crippen molar-refractivity contribution in [2.75, 3.05) is 0 Å². The molecule has 1 amide bonds. The SMILES string of the molecule is O=C(N/N=C\c1cc(Cl)c(OCc2cccc3ccccc23)c(Br)c1)c1cc2cc(Br)cc(Br)c2o1. The number of rotatable bonds is 6. The van der Waals surface area contributed by atoms with Crippen molar-refractivity contribution in [3.63, 3.8) is 0 Å². The molecule has 0 atom stereocenters. The topological polar surface area (TPSA) is 63.8 Å². The molecule has 5 rings (SSSR count). The molecular weight excluding hydrogens is 675 g/mol. The normalized spacial score (nSPS) is 11.4. The van der Waals surface area contributed by atoms with Crippen molar-refractivity contribution in [3.8, 4) is 5.75 Å². The molecule has 0 fully saturated rings. The first-order valence-corrected chi connectivity index (χ1v) is 13.5. The zero-order valence-corrected chi connectivity index (χ0v) is 23.9. The van der Waals surface area contributed by atoms with Crippen LogP contribution in [0.15, 0.2) is 95.7 Å². The van der Waals surface area contributed by atoms with E-state index in [1.165, 1.54) is 6.21 Å². The molecule has 5 nitrogen and oxygen atoms in total. The number of hydrogen-bond donors (Lipinski definition) is 1. The number of hydrogen-bond acceptors (Lipinski definition) is 4. The maximum absolute atomic E-state index is 12.5. The van der Waals surface area contributed by atoms with Crippen LogP contribution in [0, 0.1) is 0 Å². The standard InChI is InChI=1S/C27H16Br3ClN2O3/c28-19-10-18-11-24(36-25(18)22(30)12-19)27(34)33-32-13-15-8-21(29)26(23(31)9-15)35-14-17-6-3-5-16-4-1-2-7-20(16)17/h1-13H,14H2,(H,33,34)/b32-13-. The molecule has 1 aromatic heterocycles. The highest BCUT2D eigenvalue weighted by Crippen LogP contribution is 2.35. The van der Waals surface area contributed by atoms with Crippen LogP contribution in [-0.4, -0.2) is 12.1 Å². The van der Waals surface area contributed by atoms with E-state index in [-0.39, 0.29) is 5.76 Å². The van der Waals surface area contributed by atoms with Gasteiger partial charge in [0.15, 0.2) is 11.5 Å². The number of halogens is 4. The second kappa shape index (κ2) is 10.8. The lowest BCUT2D eigenvalue weighted by Gasteiger charge is -2.12. The number of furan rings is 1. The van der Waals surface area contributed by atoms with Gasteiger partial charge in [0.2, 0.25) is 0 Å². The van der Waals surface area contributed by atoms with E-state index in [0.29, 0.717) is 33.0 Å². The number of benzene rings is 4. The summed E-state index contributed by atoms with van der Waals surface area (Å²) in [6.45, 7) is 0.368. The molecule has 5 aromatic rings. The van der Waals surface area contributed by atoms with Crippen LogP contribution in [0.5, 0.6) is 5.75 Å². The lowest BCUT2D eigenvalue weighted by Crippen LogP contribution is -2.16. The van der Waals surface area contributed by atoms with Gasteiger partial charge in [-0.25, -0.2) is 5.43 Å². The first-order valence-electron chi connectivity index (χ1n) is 10.7. The van der Waals surface area contributed by atoms with Gasteiger partial charge in [-0.3, -0.25) is 4.79 Å². The quantitative estimate of drug-likeness (QED) is 0.143. The van der Waals surface area contributed by atoms with Gasteiger partial charge in [0.1, 0.15) is 12.2 Å². The molecule has 0 spiro atoms. The van der Waals surface area contributed by atoms with Gasteiger partial charge in [-0.15, -0.1) is 0 Å². The van der Waals surface area contributed by atoms with Crippen molar-refractivity contribution in [3.05, 3.63) is 108 Å². The Bertz CT molecular complexity index is 1620. The molecule has 9 heteroatoms. The van der Waals surface area contributed by atoms with Crippen molar-refractivity contribution < 1.29 is 13.9 Å². The minimum Gasteiger partial charge on any atom is -0.486 e. The minimum absolute atomic E-state index is 0.150. The molecule has 0 bridgehead atoms. The molecule has 0 aliphatic heterocycles. The summed E-state index contributed by atoms with van der Waals surface area (Å²) in [5.41, 5.74) is 4.81. The van der Waals surface area contributed by atoms with Crippen LogP contribution in [-0.2, 0) is 6.61 Å². The Morgan fingerprint density at radius 3 is 2.61 bits per heavy atom. The summed E-state index contributed by atoms with van der Waals surface area (Å²) in [6, 6.07) is 23.2. The van der Waals surface area contributed by atoms with E-state index in [4.69, 9.17) is 20.8 Å². The fourth-order valence-electron chi connectivity index (χ4n) is 3.77. The van der Waals surface area contributed by atoms with Crippen LogP contribution in [0.1, 0.15) is 21.7 Å². The van der Waals surface area contributed by atoms with Crippen molar-refractivity contribution in [2.45, 2.75) is 6.61 Å². The molecule has 4 aromatic carbocycles. The van der Waals surface area contributed by atoms with E-state index in [1.54, 1.807) is 12.1 Å². The lowest BCUT2D eigenvalue weighted by atomic mass is 10.1. The average molecular weight is 692 g/mol. The third-order valence-corrected chi connectivity index (χ3v) is 7.33. The van der Waals surface area contributed by atoms with Gasteiger partial charge < -0.3 is 9.15 Å². The number of nitrogens with zero attached hydrogens (tertiary/aromatic N) is 1. The molecule has 0 radical (unpaired) electrons. The molecule has 36 heavy (non-hydrogen) atoms. The molecule has 0 unspecified atom stereocenters. The minimum atomic E-state index is -0.467. The lowest BCUT2D eigenvalue weighted by molar-refractivity contribution is 0.0929. The monoisotopic (exact) mass is 688 g/mol. The predicted octanol–water partition coefficient (Wildman–Crippen LogP) is 8.87. The van der Waals surface area contributed by atoms with E-state index in [0.717, 1.165) is 30.7 Å². The van der Waals surface area contributed by atoms with Crippen molar-refractivity contribution in [1.82, 2.24) is 5.43 Å². The summed E-state index contributed by atoms with van der Waals surface area (Å²) in [4.78, 5) is 12.5. The van der Waals surface area contributed by atoms with Gasteiger partial charge in [-0.2, -0.15) is 5.10 Å². The summed E-state index contributed by atoms with van der Waals surface area (Å²) in [6.07, 6.45) is 1.50. The maximum Gasteiger partial charge on any atom is 0.307 e. The van der Waals surface area contributed by atoms with Crippen LogP contribution < -0.4 is 10.2 Å². The Morgan fingerprint density at radius 2 is 1.78 bits per heavy atom. The van der Waals surface area contributed by atoms with Gasteiger partial charge in [0.05, 0.1) is 20.2 Å². The maximum atomic E-state index is 12.5. The molecule has 0 aliphatic carbocycles. The van der Waals surface area contributed by atoms with Crippen LogP contribution in [0.4, 0.5) is 0 Å². The summed E-state index contributed by atoms with van der Waals surface area (Å²) in [5.74, 6) is 0.216. The summed E-state index contributed by atoms with van der Waals surface area (Å²) < 4.78 is 14.0. The number of fused-ring (bicyclic) bond motifs is 2. The average Bonchev–Trinajstić information content (AvgIpc) is 3.28. The molecule has 0 saturated carbocycles. The molecule has 1 N–H and O–H groups in total. The second-order valence-electron chi connectivity index (χ2n) is 7.86. The largest absolute Gasteiger partial charge is 0.486 e. The van der Waals surface area contributed by atoms with Gasteiger partial charge in [0.25, 0.3) is 0 Å². The predicted molar refractivity (Wildman–Crippen MR) is 154 cm³/mol. The Labute approximate surface area is 236 Å². The molecule has 0 aliphatic rings. The van der Waals surface area contributed by atoms with Crippen LogP contribution >= 0.6 is 59.4 Å². The Kier molecular flexibility index (Phi) is 7.48. The number of hydrazone groups is 1. The van der Waals surface area contributed by atoms with Crippen molar-refractivity contribution in [1.29, 1.82) is 0 Å². The zero-order chi connectivity index (χ0) is 25.2. The van der Waals surface area contributed by atoms with Gasteiger partial charge >= 0.3 is 5.91 Å². The fourth-order valence-corrected chi connectivity index (χ4v) is 6.10. The van der Waals surface area contributed by atoms with E-state index >= 15 is 0 Å². The molecule has 180 valence electrons. The number of amides is 1. The molecule has 0 saturated heterocycles. The zero-order valence-electron chi connectivity index (χ0n) is 18.4. The number of nitrogens with one attached hydrogen (secondary N) is 1. The fraction of sp³-hybridized carbons (Fsp3) is 0.0370. The third-order valence-electron chi connectivity index (χ3n) is 5.41. The van der Waals surface area contributed by atoms with Crippen LogP contribution in [0.25, 0.3) is 21.7 Å². The molecular formula is C27H16Br3ClN2O3. The van der Waals surface area contributed by atoms with E-state index in [9.17, 15) is 4.79 Å². The highest BCUT2D eigenvalue weighted by atomic mass is 79.9. The highest BCUT2D eigenvalue weighted by Gasteiger charge is 2.15. The smallest absolute Gasteiger partial charge is 0.307 e. The summed E-state index contributed by atoms with van der Waals surface area (Å²) in [5, 5.41) is 7.54. The van der Waals surface area contributed by atoms with Crippen molar-refractivity contribution in [2.24, 2.45) is 5.10 Å². The van der Waals surface area contributed by atoms with Gasteiger partial charge in [-0.1, -0.05) is 70.0 Å². The number of carbonyl (C=O) groups is 1. The van der Waals surface area contributed by atoms with E-state index in [2.05, 4.69) is 76.5 Å². The van der Waals surface area contributed by atoms with Crippen molar-refractivity contribution >= 4 is 93.3 Å². The first kappa shape index (κ1) is 25.0. The number of carbonyl (C=O) groups excluding carboxylic acids is 1. The van der Waals surface area contributed by atoms with E-state index < -0.39 is 5.91 Å².